The van der Waals surface area contributed by atoms with Gasteiger partial charge in [-0.15, -0.1) is 11.6 Å². The molecule has 5 heteroatoms. The molecular weight excluding hydrogens is 299 g/mol. The van der Waals surface area contributed by atoms with Crippen LogP contribution in [0.25, 0.3) is 0 Å². The number of carbonyl (C=O) groups excluding carboxylic acids is 2. The van der Waals surface area contributed by atoms with Crippen molar-refractivity contribution in [2.75, 3.05) is 0 Å². The van der Waals surface area contributed by atoms with Gasteiger partial charge in [-0.25, -0.2) is 4.79 Å². The summed E-state index contributed by atoms with van der Waals surface area (Å²) in [7, 11) is 0. The summed E-state index contributed by atoms with van der Waals surface area (Å²) in [5.41, 5.74) is 0.362. The van der Waals surface area contributed by atoms with Gasteiger partial charge in [0.1, 0.15) is 5.75 Å². The molecule has 20 heavy (non-hydrogen) atoms. The molecule has 1 unspecified atom stereocenters. The van der Waals surface area contributed by atoms with Gasteiger partial charge in [0.05, 0.1) is 0 Å². The number of esters is 1. The molecule has 2 aromatic rings. The summed E-state index contributed by atoms with van der Waals surface area (Å²) in [6, 6.07) is 14.5. The Balaban J connectivity index is 2.05. The first-order valence-corrected chi connectivity index (χ1v) is 6.60. The van der Waals surface area contributed by atoms with Crippen molar-refractivity contribution < 1.29 is 14.3 Å². The number of alkyl halides is 1. The van der Waals surface area contributed by atoms with Crippen LogP contribution in [-0.2, 0) is 4.79 Å². The predicted octanol–water partition coefficient (Wildman–Crippen LogP) is 3.74. The van der Waals surface area contributed by atoms with E-state index >= 15 is 0 Å². The lowest BCUT2D eigenvalue weighted by atomic mass is 10.1. The normalized spacial score (nSPS) is 11.7. The number of rotatable bonds is 4. The number of benzene rings is 2. The minimum Gasteiger partial charge on any atom is -0.425 e. The van der Waals surface area contributed by atoms with Gasteiger partial charge in [-0.2, -0.15) is 0 Å². The first kappa shape index (κ1) is 14.6. The molecule has 3 nitrogen and oxygen atoms in total. The average molecular weight is 309 g/mol. The lowest BCUT2D eigenvalue weighted by molar-refractivity contribution is -0.133. The highest BCUT2D eigenvalue weighted by atomic mass is 35.5. The van der Waals surface area contributed by atoms with E-state index in [0.29, 0.717) is 10.6 Å². The quantitative estimate of drug-likeness (QED) is 0.284. The van der Waals surface area contributed by atoms with Gasteiger partial charge in [-0.3, -0.25) is 4.79 Å². The molecule has 0 heterocycles. The third kappa shape index (κ3) is 3.59. The summed E-state index contributed by atoms with van der Waals surface area (Å²) in [5.74, 6) is -1.03. The van der Waals surface area contributed by atoms with Gasteiger partial charge in [0.2, 0.25) is 0 Å². The van der Waals surface area contributed by atoms with E-state index < -0.39 is 17.1 Å². The molecule has 0 saturated heterocycles. The highest BCUT2D eigenvalue weighted by molar-refractivity contribution is 6.43. The van der Waals surface area contributed by atoms with E-state index in [-0.39, 0.29) is 5.75 Å². The van der Waals surface area contributed by atoms with Gasteiger partial charge in [0, 0.05) is 10.6 Å². The van der Waals surface area contributed by atoms with E-state index in [1.54, 1.807) is 42.5 Å². The van der Waals surface area contributed by atoms with Crippen molar-refractivity contribution in [2.24, 2.45) is 0 Å². The van der Waals surface area contributed by atoms with Gasteiger partial charge in [0.25, 0.3) is 0 Å². The van der Waals surface area contributed by atoms with E-state index in [1.165, 1.54) is 12.1 Å². The molecular formula is C15H10Cl2O3. The Morgan fingerprint density at radius 3 is 2.15 bits per heavy atom. The maximum atomic E-state index is 12.0. The van der Waals surface area contributed by atoms with Crippen LogP contribution in [0.3, 0.4) is 0 Å². The topological polar surface area (TPSA) is 43.4 Å². The number of hydrogen-bond acceptors (Lipinski definition) is 3. The van der Waals surface area contributed by atoms with Crippen molar-refractivity contribution in [3.8, 4) is 5.75 Å². The summed E-state index contributed by atoms with van der Waals surface area (Å²) in [4.78, 5) is 23.8. The fourth-order valence-electron chi connectivity index (χ4n) is 1.53. The standard InChI is InChI=1S/C15H10Cl2O3/c16-11-6-8-12(9-7-11)20-15(19)13(17)14(18)10-4-2-1-3-5-10/h1-9,13H. The van der Waals surface area contributed by atoms with Crippen LogP contribution >= 0.6 is 23.2 Å². The fraction of sp³-hybridized carbons (Fsp3) is 0.0667. The number of Topliss-reactive ketones (excluding diaryl/α,β-unsaturated/α-hetero) is 1. The van der Waals surface area contributed by atoms with Gasteiger partial charge >= 0.3 is 5.97 Å². The van der Waals surface area contributed by atoms with E-state index in [1.807, 2.05) is 0 Å². The molecule has 0 aliphatic carbocycles. The van der Waals surface area contributed by atoms with Gasteiger partial charge in [-0.1, -0.05) is 41.9 Å². The van der Waals surface area contributed by atoms with Gasteiger partial charge < -0.3 is 4.74 Å². The van der Waals surface area contributed by atoms with Crippen LogP contribution in [0.2, 0.25) is 5.02 Å². The maximum Gasteiger partial charge on any atom is 0.337 e. The van der Waals surface area contributed by atoms with E-state index in [4.69, 9.17) is 27.9 Å². The molecule has 0 bridgehead atoms. The SMILES string of the molecule is O=C(Oc1ccc(Cl)cc1)C(Cl)C(=O)c1ccccc1. The highest BCUT2D eigenvalue weighted by Gasteiger charge is 2.27. The molecule has 0 fully saturated rings. The Hall–Kier alpha value is -1.84. The Bertz CT molecular complexity index is 609. The first-order chi connectivity index (χ1) is 9.58. The third-order valence-corrected chi connectivity index (χ3v) is 3.16. The minimum absolute atomic E-state index is 0.283. The van der Waals surface area contributed by atoms with Crippen LogP contribution in [-0.4, -0.2) is 17.1 Å². The lowest BCUT2D eigenvalue weighted by Crippen LogP contribution is -2.29. The van der Waals surface area contributed by atoms with Crippen LogP contribution in [0.1, 0.15) is 10.4 Å². The predicted molar refractivity (Wildman–Crippen MR) is 77.5 cm³/mol. The average Bonchev–Trinajstić information content (AvgIpc) is 2.49. The van der Waals surface area contributed by atoms with Crippen molar-refractivity contribution >= 4 is 35.0 Å². The summed E-state index contributed by atoms with van der Waals surface area (Å²) in [5, 5.41) is -0.860. The highest BCUT2D eigenvalue weighted by Crippen LogP contribution is 2.17. The molecule has 0 radical (unpaired) electrons. The number of halogens is 2. The second-order valence-corrected chi connectivity index (χ2v) is 4.84. The molecule has 0 spiro atoms. The van der Waals surface area contributed by atoms with Crippen LogP contribution < -0.4 is 4.74 Å². The Kier molecular flexibility index (Phi) is 4.77. The summed E-state index contributed by atoms with van der Waals surface area (Å²) >= 11 is 11.6. The van der Waals surface area contributed by atoms with Crippen molar-refractivity contribution in [3.05, 3.63) is 65.2 Å². The zero-order valence-corrected chi connectivity index (χ0v) is 11.8. The smallest absolute Gasteiger partial charge is 0.337 e. The fourth-order valence-corrected chi connectivity index (χ4v) is 1.82. The molecule has 0 aromatic heterocycles. The van der Waals surface area contributed by atoms with Crippen LogP contribution in [0.5, 0.6) is 5.75 Å². The van der Waals surface area contributed by atoms with E-state index in [0.717, 1.165) is 0 Å². The summed E-state index contributed by atoms with van der Waals surface area (Å²) in [6.07, 6.45) is 0. The molecule has 0 saturated carbocycles. The number of ether oxygens (including phenoxy) is 1. The third-order valence-electron chi connectivity index (χ3n) is 2.53. The lowest BCUT2D eigenvalue weighted by Gasteiger charge is -2.09. The molecule has 2 rings (SSSR count). The minimum atomic E-state index is -1.38. The molecule has 0 N–H and O–H groups in total. The molecule has 102 valence electrons. The number of carbonyl (C=O) groups is 2. The number of hydrogen-bond donors (Lipinski definition) is 0. The van der Waals surface area contributed by atoms with Crippen LogP contribution in [0, 0.1) is 0 Å². The second-order valence-electron chi connectivity index (χ2n) is 3.97. The molecule has 2 aromatic carbocycles. The zero-order chi connectivity index (χ0) is 14.5. The summed E-state index contributed by atoms with van der Waals surface area (Å²) < 4.78 is 5.02. The second kappa shape index (κ2) is 6.55. The Morgan fingerprint density at radius 2 is 1.55 bits per heavy atom. The monoisotopic (exact) mass is 308 g/mol. The molecule has 0 aliphatic heterocycles. The van der Waals surface area contributed by atoms with Crippen LogP contribution in [0.15, 0.2) is 54.6 Å². The molecule has 1 atom stereocenters. The molecule has 0 aliphatic rings. The maximum absolute atomic E-state index is 12.0. The Labute approximate surface area is 126 Å². The Morgan fingerprint density at radius 1 is 0.950 bits per heavy atom. The largest absolute Gasteiger partial charge is 0.425 e. The van der Waals surface area contributed by atoms with Gasteiger partial charge in [-0.05, 0) is 24.3 Å². The van der Waals surface area contributed by atoms with Gasteiger partial charge in [0.15, 0.2) is 11.2 Å². The van der Waals surface area contributed by atoms with Crippen molar-refractivity contribution in [2.45, 2.75) is 5.38 Å². The number of ketones is 1. The zero-order valence-electron chi connectivity index (χ0n) is 10.3. The van der Waals surface area contributed by atoms with Crippen molar-refractivity contribution in [1.82, 2.24) is 0 Å². The van der Waals surface area contributed by atoms with Crippen LogP contribution in [0.4, 0.5) is 0 Å². The first-order valence-electron chi connectivity index (χ1n) is 5.78. The molecule has 0 amide bonds. The van der Waals surface area contributed by atoms with Crippen molar-refractivity contribution in [3.63, 3.8) is 0 Å². The van der Waals surface area contributed by atoms with E-state index in [9.17, 15) is 9.59 Å². The van der Waals surface area contributed by atoms with E-state index in [2.05, 4.69) is 0 Å². The summed E-state index contributed by atoms with van der Waals surface area (Å²) in [6.45, 7) is 0. The van der Waals surface area contributed by atoms with Crippen molar-refractivity contribution in [1.29, 1.82) is 0 Å².